The van der Waals surface area contributed by atoms with Gasteiger partial charge in [-0.15, -0.1) is 0 Å². The molecule has 0 spiro atoms. The molecule has 3 N–H and O–H groups in total. The van der Waals surface area contributed by atoms with Gasteiger partial charge in [-0.25, -0.2) is 13.1 Å². The van der Waals surface area contributed by atoms with Crippen LogP contribution in [0, 0.1) is 52.3 Å². The number of sulfonamides is 1. The Hall–Kier alpha value is -0.950. The molecule has 208 valence electrons. The fraction of sp³-hybridized carbons (Fsp3) is 0.806. The van der Waals surface area contributed by atoms with E-state index in [0.717, 1.165) is 32.1 Å². The van der Waals surface area contributed by atoms with E-state index < -0.39 is 10.0 Å². The molecule has 0 aromatic heterocycles. The van der Waals surface area contributed by atoms with E-state index in [1.54, 1.807) is 24.3 Å². The first-order valence-corrected chi connectivity index (χ1v) is 16.4. The van der Waals surface area contributed by atoms with E-state index in [2.05, 4.69) is 32.4 Å². The predicted molar refractivity (Wildman–Crippen MR) is 147 cm³/mol. The van der Waals surface area contributed by atoms with Gasteiger partial charge in [-0.1, -0.05) is 52.3 Å². The first-order chi connectivity index (χ1) is 17.5. The molecule has 5 nitrogen and oxygen atoms in total. The molecule has 4 fully saturated rings. The summed E-state index contributed by atoms with van der Waals surface area (Å²) in [5, 5.41) is 22.4. The highest BCUT2D eigenvalue weighted by molar-refractivity contribution is 7.89. The number of hydrogen-bond donors (Lipinski definition) is 3. The molecule has 1 aromatic rings. The van der Waals surface area contributed by atoms with Crippen molar-refractivity contribution in [2.24, 2.45) is 52.3 Å². The zero-order valence-corrected chi connectivity index (χ0v) is 24.1. The molecule has 4 aliphatic carbocycles. The van der Waals surface area contributed by atoms with Gasteiger partial charge in [0.1, 0.15) is 0 Å². The summed E-state index contributed by atoms with van der Waals surface area (Å²) in [5.41, 5.74) is 0.431. The van der Waals surface area contributed by atoms with Crippen LogP contribution in [0.1, 0.15) is 85.5 Å². The minimum Gasteiger partial charge on any atom is -0.393 e. The van der Waals surface area contributed by atoms with E-state index >= 15 is 0 Å². The summed E-state index contributed by atoms with van der Waals surface area (Å²) in [6, 6.07) is 8.63. The van der Waals surface area contributed by atoms with Crippen LogP contribution in [0.2, 0.25) is 0 Å². The third kappa shape index (κ3) is 4.62. The maximum absolute atomic E-state index is 12.7. The number of aliphatic hydroxyl groups is 2. The van der Waals surface area contributed by atoms with E-state index in [1.807, 2.05) is 6.07 Å². The van der Waals surface area contributed by atoms with Crippen molar-refractivity contribution in [2.75, 3.05) is 6.54 Å². The molecule has 0 saturated heterocycles. The highest BCUT2D eigenvalue weighted by atomic mass is 32.2. The van der Waals surface area contributed by atoms with Crippen LogP contribution in [0.4, 0.5) is 0 Å². The lowest BCUT2D eigenvalue weighted by atomic mass is 9.41. The number of aliphatic hydroxyl groups excluding tert-OH is 2. The third-order valence-electron chi connectivity index (χ3n) is 12.1. The molecular formula is C31H49NO4S. The van der Waals surface area contributed by atoms with Gasteiger partial charge in [0.15, 0.2) is 0 Å². The number of hydrogen-bond acceptors (Lipinski definition) is 4. The van der Waals surface area contributed by atoms with E-state index in [-0.39, 0.29) is 29.0 Å². The molecule has 1 aromatic carbocycles. The summed E-state index contributed by atoms with van der Waals surface area (Å²) in [6.45, 7) is 9.99. The lowest BCUT2D eigenvalue weighted by Crippen LogP contribution is -2.62. The van der Waals surface area contributed by atoms with Gasteiger partial charge in [0.05, 0.1) is 17.1 Å². The molecule has 0 radical (unpaired) electrons. The Bertz CT molecular complexity index is 1050. The Morgan fingerprint density at radius 3 is 2.35 bits per heavy atom. The first kappa shape index (κ1) is 27.6. The molecule has 5 rings (SSSR count). The Morgan fingerprint density at radius 2 is 1.65 bits per heavy atom. The van der Waals surface area contributed by atoms with Gasteiger partial charge in [-0.05, 0) is 116 Å². The van der Waals surface area contributed by atoms with Crippen molar-refractivity contribution in [3.63, 3.8) is 0 Å². The van der Waals surface area contributed by atoms with Crippen LogP contribution in [0.3, 0.4) is 0 Å². The Balaban J connectivity index is 1.30. The number of benzene rings is 1. The molecule has 4 saturated carbocycles. The molecule has 11 atom stereocenters. The van der Waals surface area contributed by atoms with Crippen LogP contribution in [0.5, 0.6) is 0 Å². The van der Waals surface area contributed by atoms with Crippen LogP contribution in [0.25, 0.3) is 0 Å². The highest BCUT2D eigenvalue weighted by Crippen LogP contribution is 2.69. The number of nitrogens with one attached hydrogen (secondary N) is 1. The monoisotopic (exact) mass is 531 g/mol. The largest absolute Gasteiger partial charge is 0.393 e. The lowest BCUT2D eigenvalue weighted by molar-refractivity contribution is -0.203. The second-order valence-electron chi connectivity index (χ2n) is 13.6. The van der Waals surface area contributed by atoms with Crippen molar-refractivity contribution in [2.45, 2.75) is 103 Å². The number of fused-ring (bicyclic) bond motifs is 5. The number of rotatable bonds is 7. The zero-order valence-electron chi connectivity index (χ0n) is 23.3. The van der Waals surface area contributed by atoms with E-state index in [0.29, 0.717) is 46.9 Å². The lowest BCUT2D eigenvalue weighted by Gasteiger charge is -2.64. The SMILES string of the molecule is CC[C@@H]1C2C[C@H](O)CC[C@@]2(C)[C@H]2CCC3(C)C([C@H](C)CCNS(=O)(=O)c4ccccc4)CC[C@H]3C2[C@@H]1O. The van der Waals surface area contributed by atoms with Gasteiger partial charge in [0.2, 0.25) is 10.0 Å². The van der Waals surface area contributed by atoms with Gasteiger partial charge in [0, 0.05) is 6.54 Å². The van der Waals surface area contributed by atoms with Crippen LogP contribution >= 0.6 is 0 Å². The van der Waals surface area contributed by atoms with E-state index in [9.17, 15) is 18.6 Å². The van der Waals surface area contributed by atoms with Crippen molar-refractivity contribution >= 4 is 10.0 Å². The third-order valence-corrected chi connectivity index (χ3v) is 13.6. The second kappa shape index (κ2) is 10.2. The molecule has 0 heterocycles. The predicted octanol–water partition coefficient (Wildman–Crippen LogP) is 5.62. The molecule has 0 aliphatic heterocycles. The Labute approximate surface area is 224 Å². The van der Waals surface area contributed by atoms with Crippen molar-refractivity contribution in [1.29, 1.82) is 0 Å². The van der Waals surface area contributed by atoms with Gasteiger partial charge in [-0.2, -0.15) is 0 Å². The molecule has 6 heteroatoms. The second-order valence-corrected chi connectivity index (χ2v) is 15.4. The van der Waals surface area contributed by atoms with Gasteiger partial charge >= 0.3 is 0 Å². The van der Waals surface area contributed by atoms with Crippen molar-refractivity contribution in [3.05, 3.63) is 30.3 Å². The van der Waals surface area contributed by atoms with Crippen LogP contribution < -0.4 is 4.72 Å². The maximum atomic E-state index is 12.7. The van der Waals surface area contributed by atoms with E-state index in [4.69, 9.17) is 0 Å². The van der Waals surface area contributed by atoms with Gasteiger partial charge in [0.25, 0.3) is 0 Å². The van der Waals surface area contributed by atoms with Gasteiger partial charge in [-0.3, -0.25) is 0 Å². The summed E-state index contributed by atoms with van der Waals surface area (Å²) in [7, 11) is -3.47. The van der Waals surface area contributed by atoms with E-state index in [1.165, 1.54) is 25.7 Å². The fourth-order valence-electron chi connectivity index (χ4n) is 10.2. The molecule has 4 aliphatic rings. The minimum absolute atomic E-state index is 0.204. The minimum atomic E-state index is -3.47. The molecule has 0 bridgehead atoms. The average molecular weight is 532 g/mol. The molecular weight excluding hydrogens is 482 g/mol. The average Bonchev–Trinajstić information content (AvgIpc) is 3.23. The highest BCUT2D eigenvalue weighted by Gasteiger charge is 2.64. The first-order valence-electron chi connectivity index (χ1n) is 14.9. The fourth-order valence-corrected chi connectivity index (χ4v) is 11.3. The van der Waals surface area contributed by atoms with Crippen molar-refractivity contribution in [1.82, 2.24) is 4.72 Å². The maximum Gasteiger partial charge on any atom is 0.240 e. The van der Waals surface area contributed by atoms with Gasteiger partial charge < -0.3 is 10.2 Å². The van der Waals surface area contributed by atoms with Crippen LogP contribution in [0.15, 0.2) is 35.2 Å². The Kier molecular flexibility index (Phi) is 7.63. The standard InChI is InChI=1S/C31H49NO4S/c1-5-23-27-19-21(33)13-16-31(27,4)26-14-17-30(3)24(11-12-25(30)28(26)29(23)34)20(2)15-18-32-37(35,36)22-9-7-6-8-10-22/h6-10,20-21,23-29,32-34H,5,11-19H2,1-4H3/t20-,21-,23-,24?,25+,26+,27?,28?,29-,30?,31+/m1/s1. The molecule has 4 unspecified atom stereocenters. The van der Waals surface area contributed by atoms with Crippen LogP contribution in [-0.4, -0.2) is 37.4 Å². The molecule has 37 heavy (non-hydrogen) atoms. The zero-order chi connectivity index (χ0) is 26.6. The van der Waals surface area contributed by atoms with Crippen LogP contribution in [-0.2, 0) is 10.0 Å². The Morgan fingerprint density at radius 1 is 0.973 bits per heavy atom. The summed E-state index contributed by atoms with van der Waals surface area (Å²) < 4.78 is 28.2. The summed E-state index contributed by atoms with van der Waals surface area (Å²) in [6.07, 6.45) is 8.95. The quantitative estimate of drug-likeness (QED) is 0.426. The normalized spacial score (nSPS) is 44.5. The smallest absolute Gasteiger partial charge is 0.240 e. The molecule has 0 amide bonds. The summed E-state index contributed by atoms with van der Waals surface area (Å²) >= 11 is 0. The summed E-state index contributed by atoms with van der Waals surface area (Å²) in [4.78, 5) is 0.327. The summed E-state index contributed by atoms with van der Waals surface area (Å²) in [5.74, 6) is 3.14. The van der Waals surface area contributed by atoms with Crippen molar-refractivity contribution < 1.29 is 18.6 Å². The van der Waals surface area contributed by atoms with Crippen molar-refractivity contribution in [3.8, 4) is 0 Å². The topological polar surface area (TPSA) is 86.6 Å².